The van der Waals surface area contributed by atoms with Gasteiger partial charge in [-0.15, -0.1) is 0 Å². The van der Waals surface area contributed by atoms with Crippen molar-refractivity contribution < 1.29 is 4.79 Å². The molecule has 2 aromatic rings. The molecule has 1 amide bonds. The second-order valence-electron chi connectivity index (χ2n) is 6.64. The third kappa shape index (κ3) is 4.47. The fraction of sp³-hybridized carbons (Fsp3) is 0.400. The molecule has 1 aromatic carbocycles. The van der Waals surface area contributed by atoms with Gasteiger partial charge in [-0.1, -0.05) is 24.6 Å². The van der Waals surface area contributed by atoms with E-state index in [9.17, 15) is 4.79 Å². The lowest BCUT2D eigenvalue weighted by atomic mass is 10.2. The molecule has 0 aliphatic carbocycles. The van der Waals surface area contributed by atoms with Crippen LogP contribution in [0.3, 0.4) is 0 Å². The topological polar surface area (TPSA) is 48.5 Å². The van der Waals surface area contributed by atoms with Crippen LogP contribution in [0, 0.1) is 0 Å². The summed E-state index contributed by atoms with van der Waals surface area (Å²) in [5.41, 5.74) is 1.79. The number of carbonyl (C=O) groups is 1. The van der Waals surface area contributed by atoms with Crippen LogP contribution in [0.15, 0.2) is 42.6 Å². The number of piperazine rings is 1. The highest BCUT2D eigenvalue weighted by atomic mass is 35.5. The first-order chi connectivity index (χ1) is 12.6. The number of anilines is 2. The van der Waals surface area contributed by atoms with Gasteiger partial charge < -0.3 is 15.1 Å². The number of benzene rings is 1. The number of carbonyl (C=O) groups excluding carboxylic acids is 1. The van der Waals surface area contributed by atoms with Crippen molar-refractivity contribution in [3.8, 4) is 0 Å². The van der Waals surface area contributed by atoms with Gasteiger partial charge in [0.2, 0.25) is 0 Å². The Bertz CT molecular complexity index is 759. The van der Waals surface area contributed by atoms with Gasteiger partial charge in [0.25, 0.3) is 5.91 Å². The fourth-order valence-corrected chi connectivity index (χ4v) is 3.20. The zero-order valence-corrected chi connectivity index (χ0v) is 16.0. The largest absolute Gasteiger partial charge is 0.368 e. The predicted molar refractivity (Wildman–Crippen MR) is 107 cm³/mol. The molecular weight excluding hydrogens is 348 g/mol. The minimum atomic E-state index is 0.0605. The smallest absolute Gasteiger partial charge is 0.254 e. The molecule has 1 aliphatic heterocycles. The highest BCUT2D eigenvalue weighted by molar-refractivity contribution is 6.30. The molecule has 1 atom stereocenters. The van der Waals surface area contributed by atoms with Crippen LogP contribution in [0.5, 0.6) is 0 Å². The summed E-state index contributed by atoms with van der Waals surface area (Å²) in [5.74, 6) is 0.813. The Hall–Kier alpha value is -2.27. The van der Waals surface area contributed by atoms with Crippen LogP contribution in [0.1, 0.15) is 30.6 Å². The van der Waals surface area contributed by atoms with Gasteiger partial charge in [-0.25, -0.2) is 4.98 Å². The highest BCUT2D eigenvalue weighted by Gasteiger charge is 2.22. The van der Waals surface area contributed by atoms with Crippen molar-refractivity contribution in [1.29, 1.82) is 0 Å². The van der Waals surface area contributed by atoms with Gasteiger partial charge in [0.1, 0.15) is 5.82 Å². The lowest BCUT2D eigenvalue weighted by Crippen LogP contribution is -2.48. The molecule has 1 fully saturated rings. The van der Waals surface area contributed by atoms with Crippen molar-refractivity contribution in [3.63, 3.8) is 0 Å². The summed E-state index contributed by atoms with van der Waals surface area (Å²) in [6.45, 7) is 7.21. The summed E-state index contributed by atoms with van der Waals surface area (Å²) in [5, 5.41) is 4.06. The zero-order valence-electron chi connectivity index (χ0n) is 15.3. The molecule has 0 spiro atoms. The Morgan fingerprint density at radius 1 is 1.23 bits per heavy atom. The molecule has 2 heterocycles. The van der Waals surface area contributed by atoms with E-state index in [2.05, 4.69) is 35.1 Å². The summed E-state index contributed by atoms with van der Waals surface area (Å²) in [7, 11) is 0. The number of pyridine rings is 1. The number of amides is 1. The number of aromatic nitrogens is 1. The van der Waals surface area contributed by atoms with Crippen LogP contribution in [0.4, 0.5) is 11.5 Å². The minimum Gasteiger partial charge on any atom is -0.368 e. The number of nitrogens with zero attached hydrogens (tertiary/aromatic N) is 3. The van der Waals surface area contributed by atoms with Gasteiger partial charge >= 0.3 is 0 Å². The summed E-state index contributed by atoms with van der Waals surface area (Å²) in [4.78, 5) is 21.3. The van der Waals surface area contributed by atoms with Crippen molar-refractivity contribution in [2.45, 2.75) is 26.3 Å². The number of hydrogen-bond donors (Lipinski definition) is 1. The van der Waals surface area contributed by atoms with Crippen molar-refractivity contribution in [1.82, 2.24) is 9.88 Å². The number of rotatable bonds is 5. The van der Waals surface area contributed by atoms with E-state index in [4.69, 9.17) is 11.6 Å². The summed E-state index contributed by atoms with van der Waals surface area (Å²) in [6.07, 6.45) is 2.70. The average Bonchev–Trinajstić information content (AvgIpc) is 2.67. The number of hydrogen-bond acceptors (Lipinski definition) is 4. The molecule has 26 heavy (non-hydrogen) atoms. The molecule has 0 bridgehead atoms. The maximum atomic E-state index is 12.8. The molecule has 138 valence electrons. The Morgan fingerprint density at radius 3 is 2.69 bits per heavy atom. The molecule has 6 heteroatoms. The zero-order chi connectivity index (χ0) is 18.5. The molecule has 1 saturated heterocycles. The average molecular weight is 373 g/mol. The molecule has 3 rings (SSSR count). The van der Waals surface area contributed by atoms with Crippen LogP contribution < -0.4 is 10.2 Å². The Morgan fingerprint density at radius 2 is 2.00 bits per heavy atom. The van der Waals surface area contributed by atoms with Crippen molar-refractivity contribution >= 4 is 29.0 Å². The summed E-state index contributed by atoms with van der Waals surface area (Å²) in [6, 6.07) is 11.8. The van der Waals surface area contributed by atoms with Crippen molar-refractivity contribution in [3.05, 3.63) is 53.2 Å². The van der Waals surface area contributed by atoms with E-state index in [1.54, 1.807) is 12.3 Å². The summed E-state index contributed by atoms with van der Waals surface area (Å²) >= 11 is 6.08. The van der Waals surface area contributed by atoms with Crippen molar-refractivity contribution in [2.24, 2.45) is 0 Å². The van der Waals surface area contributed by atoms with E-state index in [1.165, 1.54) is 0 Å². The fourth-order valence-electron chi connectivity index (χ4n) is 3.02. The Balaban J connectivity index is 1.62. The van der Waals surface area contributed by atoms with E-state index < -0.39 is 0 Å². The van der Waals surface area contributed by atoms with Gasteiger partial charge in [0.05, 0.1) is 0 Å². The highest BCUT2D eigenvalue weighted by Crippen LogP contribution is 2.21. The molecule has 1 unspecified atom stereocenters. The quantitative estimate of drug-likeness (QED) is 0.864. The van der Waals surface area contributed by atoms with Crippen LogP contribution >= 0.6 is 11.6 Å². The molecule has 5 nitrogen and oxygen atoms in total. The Kier molecular flexibility index (Phi) is 5.99. The SMILES string of the molecule is CCC(C)Nc1cc(C(=O)N2CCN(c3cccc(Cl)c3)CC2)ccn1. The molecule has 1 N–H and O–H groups in total. The van der Waals surface area contributed by atoms with Crippen molar-refractivity contribution in [2.75, 3.05) is 36.4 Å². The maximum absolute atomic E-state index is 12.8. The lowest BCUT2D eigenvalue weighted by molar-refractivity contribution is 0.0746. The minimum absolute atomic E-state index is 0.0605. The standard InChI is InChI=1S/C20H25ClN4O/c1-3-15(2)23-19-13-16(7-8-22-19)20(26)25-11-9-24(10-12-25)18-6-4-5-17(21)14-18/h4-8,13-15H,3,9-12H2,1-2H3,(H,22,23). The summed E-state index contributed by atoms with van der Waals surface area (Å²) < 4.78 is 0. The number of nitrogens with one attached hydrogen (secondary N) is 1. The third-order valence-corrected chi connectivity index (χ3v) is 4.99. The van der Waals surface area contributed by atoms with E-state index in [-0.39, 0.29) is 5.91 Å². The number of halogens is 1. The first-order valence-electron chi connectivity index (χ1n) is 9.09. The van der Waals surface area contributed by atoms with E-state index in [1.807, 2.05) is 29.2 Å². The van der Waals surface area contributed by atoms with Crippen LogP contribution in [-0.4, -0.2) is 48.0 Å². The van der Waals surface area contributed by atoms with E-state index in [0.717, 1.165) is 36.0 Å². The monoisotopic (exact) mass is 372 g/mol. The van der Waals surface area contributed by atoms with Crippen LogP contribution in [0.25, 0.3) is 0 Å². The molecule has 0 saturated carbocycles. The van der Waals surface area contributed by atoms with E-state index >= 15 is 0 Å². The third-order valence-electron chi connectivity index (χ3n) is 4.75. The lowest BCUT2D eigenvalue weighted by Gasteiger charge is -2.36. The van der Waals surface area contributed by atoms with Crippen LogP contribution in [-0.2, 0) is 0 Å². The van der Waals surface area contributed by atoms with Crippen LogP contribution in [0.2, 0.25) is 5.02 Å². The van der Waals surface area contributed by atoms with Gasteiger partial charge in [0.15, 0.2) is 0 Å². The predicted octanol–water partition coefficient (Wildman–Crippen LogP) is 3.91. The first kappa shape index (κ1) is 18.5. The second kappa shape index (κ2) is 8.41. The van der Waals surface area contributed by atoms with Gasteiger partial charge in [-0.2, -0.15) is 0 Å². The Labute approximate surface area is 160 Å². The maximum Gasteiger partial charge on any atom is 0.254 e. The van der Waals surface area contributed by atoms with E-state index in [0.29, 0.717) is 24.7 Å². The molecule has 0 radical (unpaired) electrons. The van der Waals surface area contributed by atoms with Gasteiger partial charge in [0, 0.05) is 54.7 Å². The molecule has 1 aromatic heterocycles. The second-order valence-corrected chi connectivity index (χ2v) is 7.08. The molecular formula is C20H25ClN4O. The van der Waals surface area contributed by atoms with Gasteiger partial charge in [-0.3, -0.25) is 4.79 Å². The van der Waals surface area contributed by atoms with Gasteiger partial charge in [-0.05, 0) is 43.7 Å². The molecule has 1 aliphatic rings. The normalized spacial score (nSPS) is 15.7. The first-order valence-corrected chi connectivity index (χ1v) is 9.47.